The molecule has 0 radical (unpaired) electrons. The molecule has 0 aromatic heterocycles. The maximum Gasteiger partial charge on any atom is 0.416 e. The van der Waals surface area contributed by atoms with Crippen LogP contribution in [0.1, 0.15) is 5.56 Å². The van der Waals surface area contributed by atoms with Crippen molar-refractivity contribution in [2.45, 2.75) is 6.18 Å². The van der Waals surface area contributed by atoms with E-state index in [-0.39, 0.29) is 5.69 Å². The molecular weight excluding hydrogens is 385 g/mol. The SMILES string of the molecule is CN(c1ccc(OCC(=O)Nc2cccc(C(F)(F)F)c2)cc1)S(C)(=O)=O. The standard InChI is InChI=1S/C17H17F3N2O4S/c1-22(27(2,24)25)14-6-8-15(9-7-14)26-11-16(23)21-13-5-3-4-12(10-13)17(18,19)20/h3-10H,11H2,1-2H3,(H,21,23). The normalized spacial score (nSPS) is 11.7. The molecule has 27 heavy (non-hydrogen) atoms. The first-order valence-electron chi connectivity index (χ1n) is 7.61. The van der Waals surface area contributed by atoms with Gasteiger partial charge in [-0.1, -0.05) is 6.07 Å². The van der Waals surface area contributed by atoms with Gasteiger partial charge in [0.05, 0.1) is 17.5 Å². The summed E-state index contributed by atoms with van der Waals surface area (Å²) in [5.41, 5.74) is -0.450. The Balaban J connectivity index is 1.94. The van der Waals surface area contributed by atoms with E-state index in [1.165, 1.54) is 43.4 Å². The average molecular weight is 402 g/mol. The van der Waals surface area contributed by atoms with Crippen molar-refractivity contribution < 1.29 is 31.1 Å². The zero-order valence-corrected chi connectivity index (χ0v) is 15.3. The van der Waals surface area contributed by atoms with Crippen molar-refractivity contribution in [3.05, 3.63) is 54.1 Å². The lowest BCUT2D eigenvalue weighted by Gasteiger charge is -2.16. The van der Waals surface area contributed by atoms with Crippen LogP contribution in [0.4, 0.5) is 24.5 Å². The zero-order chi connectivity index (χ0) is 20.2. The number of alkyl halides is 3. The summed E-state index contributed by atoms with van der Waals surface area (Å²) in [5, 5.41) is 2.32. The lowest BCUT2D eigenvalue weighted by Crippen LogP contribution is -2.24. The van der Waals surface area contributed by atoms with E-state index in [1.807, 2.05) is 0 Å². The van der Waals surface area contributed by atoms with Crippen molar-refractivity contribution in [3.63, 3.8) is 0 Å². The molecule has 0 heterocycles. The van der Waals surface area contributed by atoms with Crippen LogP contribution in [0.5, 0.6) is 5.75 Å². The minimum Gasteiger partial charge on any atom is -0.484 e. The third kappa shape index (κ3) is 5.88. The Bertz CT molecular complexity index is 913. The summed E-state index contributed by atoms with van der Waals surface area (Å²) < 4.78 is 67.2. The molecule has 0 saturated heterocycles. The number of halogens is 3. The number of carbonyl (C=O) groups excluding carboxylic acids is 1. The lowest BCUT2D eigenvalue weighted by molar-refractivity contribution is -0.137. The molecule has 2 aromatic carbocycles. The zero-order valence-electron chi connectivity index (χ0n) is 14.4. The van der Waals surface area contributed by atoms with E-state index in [9.17, 15) is 26.4 Å². The summed E-state index contributed by atoms with van der Waals surface area (Å²) in [4.78, 5) is 11.8. The predicted octanol–water partition coefficient (Wildman–Crippen LogP) is 3.12. The van der Waals surface area contributed by atoms with E-state index < -0.39 is 34.3 Å². The molecule has 1 N–H and O–H groups in total. The Kier molecular flexibility index (Phi) is 5.99. The van der Waals surface area contributed by atoms with Crippen LogP contribution in [0.15, 0.2) is 48.5 Å². The molecule has 1 amide bonds. The van der Waals surface area contributed by atoms with Crippen LogP contribution in [0.25, 0.3) is 0 Å². The number of anilines is 2. The summed E-state index contributed by atoms with van der Waals surface area (Å²) in [7, 11) is -2.00. The number of amides is 1. The lowest BCUT2D eigenvalue weighted by atomic mass is 10.2. The van der Waals surface area contributed by atoms with Gasteiger partial charge >= 0.3 is 6.18 Å². The first-order chi connectivity index (χ1) is 12.5. The van der Waals surface area contributed by atoms with Gasteiger partial charge < -0.3 is 10.1 Å². The molecule has 0 atom stereocenters. The first kappa shape index (κ1) is 20.6. The highest BCUT2D eigenvalue weighted by molar-refractivity contribution is 7.92. The molecule has 10 heteroatoms. The number of benzene rings is 2. The van der Waals surface area contributed by atoms with Crippen molar-refractivity contribution in [3.8, 4) is 5.75 Å². The Morgan fingerprint density at radius 3 is 2.33 bits per heavy atom. The van der Waals surface area contributed by atoms with Gasteiger partial charge in [-0.25, -0.2) is 8.42 Å². The van der Waals surface area contributed by atoms with Crippen LogP contribution in [0.3, 0.4) is 0 Å². The summed E-state index contributed by atoms with van der Waals surface area (Å²) >= 11 is 0. The van der Waals surface area contributed by atoms with E-state index in [0.29, 0.717) is 11.4 Å². The summed E-state index contributed by atoms with van der Waals surface area (Å²) in [6.07, 6.45) is -3.44. The fourth-order valence-corrected chi connectivity index (χ4v) is 2.57. The third-order valence-corrected chi connectivity index (χ3v) is 4.75. The van der Waals surface area contributed by atoms with Crippen LogP contribution in [-0.4, -0.2) is 34.2 Å². The topological polar surface area (TPSA) is 75.7 Å². The van der Waals surface area contributed by atoms with Crippen molar-refractivity contribution in [2.24, 2.45) is 0 Å². The van der Waals surface area contributed by atoms with Gasteiger partial charge in [-0.15, -0.1) is 0 Å². The Labute approximate surface area is 154 Å². The first-order valence-corrected chi connectivity index (χ1v) is 9.45. The molecular formula is C17H17F3N2O4S. The number of sulfonamides is 1. The quantitative estimate of drug-likeness (QED) is 0.806. The predicted molar refractivity (Wildman–Crippen MR) is 95.3 cm³/mol. The van der Waals surface area contributed by atoms with Crippen LogP contribution >= 0.6 is 0 Å². The molecule has 6 nitrogen and oxygen atoms in total. The van der Waals surface area contributed by atoms with Crippen molar-refractivity contribution >= 4 is 27.3 Å². The fraction of sp³-hybridized carbons (Fsp3) is 0.235. The van der Waals surface area contributed by atoms with Gasteiger partial charge in [0.1, 0.15) is 5.75 Å². The van der Waals surface area contributed by atoms with Gasteiger partial charge in [-0.3, -0.25) is 9.10 Å². The van der Waals surface area contributed by atoms with Crippen molar-refractivity contribution in [1.29, 1.82) is 0 Å². The highest BCUT2D eigenvalue weighted by atomic mass is 32.2. The van der Waals surface area contributed by atoms with Crippen LogP contribution < -0.4 is 14.4 Å². The van der Waals surface area contributed by atoms with Gasteiger partial charge in [-0.05, 0) is 42.5 Å². The van der Waals surface area contributed by atoms with Crippen molar-refractivity contribution in [2.75, 3.05) is 29.5 Å². The molecule has 0 aliphatic carbocycles. The smallest absolute Gasteiger partial charge is 0.416 e. The number of carbonyl (C=O) groups is 1. The van der Waals surface area contributed by atoms with Gasteiger partial charge in [0, 0.05) is 12.7 Å². The Morgan fingerprint density at radius 2 is 1.78 bits per heavy atom. The second-order valence-electron chi connectivity index (χ2n) is 5.64. The fourth-order valence-electron chi connectivity index (χ4n) is 2.06. The highest BCUT2D eigenvalue weighted by Gasteiger charge is 2.30. The van der Waals surface area contributed by atoms with Crippen LogP contribution in [-0.2, 0) is 21.0 Å². The molecule has 0 unspecified atom stereocenters. The number of nitrogens with one attached hydrogen (secondary N) is 1. The molecule has 146 valence electrons. The van der Waals surface area contributed by atoms with E-state index in [1.54, 1.807) is 0 Å². The van der Waals surface area contributed by atoms with Gasteiger partial charge in [0.25, 0.3) is 5.91 Å². The molecule has 0 aliphatic heterocycles. The molecule has 0 saturated carbocycles. The van der Waals surface area contributed by atoms with Gasteiger partial charge in [0.2, 0.25) is 10.0 Å². The van der Waals surface area contributed by atoms with Crippen LogP contribution in [0, 0.1) is 0 Å². The van der Waals surface area contributed by atoms with Crippen LogP contribution in [0.2, 0.25) is 0 Å². The molecule has 0 aliphatic rings. The number of ether oxygens (including phenoxy) is 1. The van der Waals surface area contributed by atoms with Gasteiger partial charge in [-0.2, -0.15) is 13.2 Å². The molecule has 2 rings (SSSR count). The Hall–Kier alpha value is -2.75. The third-order valence-electron chi connectivity index (χ3n) is 3.54. The summed E-state index contributed by atoms with van der Waals surface area (Å²) in [6.45, 7) is -0.419. The van der Waals surface area contributed by atoms with Crippen molar-refractivity contribution in [1.82, 2.24) is 0 Å². The highest BCUT2D eigenvalue weighted by Crippen LogP contribution is 2.30. The minimum absolute atomic E-state index is 0.00329. The minimum atomic E-state index is -4.50. The second-order valence-corrected chi connectivity index (χ2v) is 7.65. The number of nitrogens with zero attached hydrogens (tertiary/aromatic N) is 1. The maximum atomic E-state index is 12.7. The Morgan fingerprint density at radius 1 is 1.15 bits per heavy atom. The molecule has 0 fully saturated rings. The van der Waals surface area contributed by atoms with E-state index in [4.69, 9.17) is 4.74 Å². The largest absolute Gasteiger partial charge is 0.484 e. The number of hydrogen-bond acceptors (Lipinski definition) is 4. The average Bonchev–Trinajstić information content (AvgIpc) is 2.58. The van der Waals surface area contributed by atoms with E-state index >= 15 is 0 Å². The second kappa shape index (κ2) is 7.87. The molecule has 2 aromatic rings. The van der Waals surface area contributed by atoms with E-state index in [0.717, 1.165) is 22.7 Å². The maximum absolute atomic E-state index is 12.7. The summed E-state index contributed by atoms with van der Waals surface area (Å²) in [6, 6.07) is 10.2. The monoisotopic (exact) mass is 402 g/mol. The molecule has 0 bridgehead atoms. The number of hydrogen-bond donors (Lipinski definition) is 1. The summed E-state index contributed by atoms with van der Waals surface area (Å²) in [5.74, 6) is -0.327. The van der Waals surface area contributed by atoms with Gasteiger partial charge in [0.15, 0.2) is 6.61 Å². The molecule has 0 spiro atoms. The van der Waals surface area contributed by atoms with E-state index in [2.05, 4.69) is 5.32 Å². The number of rotatable bonds is 6.